The lowest BCUT2D eigenvalue weighted by atomic mass is 10.1. The molecule has 0 atom stereocenters. The Bertz CT molecular complexity index is 910. The van der Waals surface area contributed by atoms with E-state index in [1.165, 1.54) is 0 Å². The van der Waals surface area contributed by atoms with Crippen LogP contribution in [0.15, 0.2) is 48.7 Å². The predicted molar refractivity (Wildman–Crippen MR) is 102 cm³/mol. The summed E-state index contributed by atoms with van der Waals surface area (Å²) < 4.78 is 1.89. The molecule has 0 unspecified atom stereocenters. The summed E-state index contributed by atoms with van der Waals surface area (Å²) in [6, 6.07) is 13.5. The first-order valence-electron chi connectivity index (χ1n) is 9.07. The van der Waals surface area contributed by atoms with Crippen LogP contribution in [0.1, 0.15) is 35.8 Å². The van der Waals surface area contributed by atoms with E-state index in [1.54, 1.807) is 6.20 Å². The zero-order valence-corrected chi connectivity index (χ0v) is 15.2. The smallest absolute Gasteiger partial charge is 0.253 e. The summed E-state index contributed by atoms with van der Waals surface area (Å²) in [6.45, 7) is 7.28. The van der Waals surface area contributed by atoms with Crippen molar-refractivity contribution in [2.75, 3.05) is 31.1 Å². The number of amides is 1. The van der Waals surface area contributed by atoms with Crippen LogP contribution in [-0.4, -0.2) is 51.6 Å². The highest BCUT2D eigenvalue weighted by Gasteiger charge is 2.24. The van der Waals surface area contributed by atoms with E-state index in [2.05, 4.69) is 34.9 Å². The van der Waals surface area contributed by atoms with Crippen LogP contribution in [-0.2, 0) is 0 Å². The first kappa shape index (κ1) is 16.6. The quantitative estimate of drug-likeness (QED) is 0.730. The average Bonchev–Trinajstić information content (AvgIpc) is 3.16. The van der Waals surface area contributed by atoms with Gasteiger partial charge in [0.25, 0.3) is 5.91 Å². The number of aromatic nitrogens is 3. The van der Waals surface area contributed by atoms with Gasteiger partial charge in [0.1, 0.15) is 5.82 Å². The summed E-state index contributed by atoms with van der Waals surface area (Å²) in [5, 5.41) is 4.43. The highest BCUT2D eigenvalue weighted by Crippen LogP contribution is 2.23. The maximum atomic E-state index is 12.6. The Kier molecular flexibility index (Phi) is 4.32. The minimum absolute atomic E-state index is 0.104. The average molecular weight is 349 g/mol. The number of rotatable bonds is 3. The van der Waals surface area contributed by atoms with Gasteiger partial charge in [-0.05, 0) is 18.1 Å². The molecule has 0 spiro atoms. The number of hydrogen-bond acceptors (Lipinski definition) is 4. The molecule has 0 bridgehead atoms. The molecule has 6 nitrogen and oxygen atoms in total. The van der Waals surface area contributed by atoms with Crippen molar-refractivity contribution in [2.24, 2.45) is 0 Å². The number of carbonyl (C=O) groups excluding carboxylic acids is 1. The highest BCUT2D eigenvalue weighted by molar-refractivity contribution is 5.94. The molecule has 0 N–H and O–H groups in total. The topological polar surface area (TPSA) is 53.7 Å². The summed E-state index contributed by atoms with van der Waals surface area (Å²) >= 11 is 0. The number of nitrogens with zero attached hydrogens (tertiary/aromatic N) is 5. The zero-order chi connectivity index (χ0) is 18.1. The Morgan fingerprint density at radius 3 is 2.46 bits per heavy atom. The van der Waals surface area contributed by atoms with Gasteiger partial charge in [0.05, 0.1) is 6.20 Å². The Labute approximate surface area is 153 Å². The lowest BCUT2D eigenvalue weighted by Gasteiger charge is -2.36. The lowest BCUT2D eigenvalue weighted by molar-refractivity contribution is 0.0746. The first-order chi connectivity index (χ1) is 12.6. The molecule has 4 rings (SSSR count). The lowest BCUT2D eigenvalue weighted by Crippen LogP contribution is -2.49. The van der Waals surface area contributed by atoms with Crippen molar-refractivity contribution < 1.29 is 4.79 Å². The minimum Gasteiger partial charge on any atom is -0.353 e. The van der Waals surface area contributed by atoms with E-state index in [4.69, 9.17) is 0 Å². The SMILES string of the molecule is CC(C)c1cc(N2CCN(C(=O)c3ccccc3)CC2)n2nccc2n1. The number of piperazine rings is 1. The van der Waals surface area contributed by atoms with Crippen molar-refractivity contribution in [1.29, 1.82) is 0 Å². The summed E-state index contributed by atoms with van der Waals surface area (Å²) in [5.74, 6) is 1.51. The van der Waals surface area contributed by atoms with Gasteiger partial charge in [-0.15, -0.1) is 0 Å². The van der Waals surface area contributed by atoms with Gasteiger partial charge >= 0.3 is 0 Å². The minimum atomic E-state index is 0.104. The van der Waals surface area contributed by atoms with Crippen molar-refractivity contribution in [1.82, 2.24) is 19.5 Å². The Balaban J connectivity index is 1.54. The van der Waals surface area contributed by atoms with E-state index in [-0.39, 0.29) is 5.91 Å². The molecule has 134 valence electrons. The largest absolute Gasteiger partial charge is 0.353 e. The third-order valence-corrected chi connectivity index (χ3v) is 4.86. The van der Waals surface area contributed by atoms with Crippen LogP contribution in [0, 0.1) is 0 Å². The van der Waals surface area contributed by atoms with Crippen LogP contribution in [0.3, 0.4) is 0 Å². The molecule has 0 radical (unpaired) electrons. The molecule has 1 amide bonds. The normalized spacial score (nSPS) is 15.0. The number of fused-ring (bicyclic) bond motifs is 1. The standard InChI is InChI=1S/C20H23N5O/c1-15(2)17-14-19(25-18(22-17)8-9-21-25)23-10-12-24(13-11-23)20(26)16-6-4-3-5-7-16/h3-9,14-15H,10-13H2,1-2H3. The summed E-state index contributed by atoms with van der Waals surface area (Å²) in [5.41, 5.74) is 2.69. The van der Waals surface area contributed by atoms with Crippen LogP contribution in [0.5, 0.6) is 0 Å². The van der Waals surface area contributed by atoms with E-state index >= 15 is 0 Å². The van der Waals surface area contributed by atoms with E-state index < -0.39 is 0 Å². The maximum absolute atomic E-state index is 12.6. The molecule has 1 fully saturated rings. The van der Waals surface area contributed by atoms with Gasteiger partial charge in [0.15, 0.2) is 5.65 Å². The van der Waals surface area contributed by atoms with Crippen molar-refractivity contribution in [3.63, 3.8) is 0 Å². The van der Waals surface area contributed by atoms with Crippen LogP contribution in [0.4, 0.5) is 5.82 Å². The first-order valence-corrected chi connectivity index (χ1v) is 9.07. The second-order valence-corrected chi connectivity index (χ2v) is 6.94. The molecule has 0 aliphatic carbocycles. The van der Waals surface area contributed by atoms with Crippen molar-refractivity contribution in [3.05, 3.63) is 59.9 Å². The Morgan fingerprint density at radius 1 is 1.04 bits per heavy atom. The molecule has 3 heterocycles. The Hall–Kier alpha value is -2.89. The molecule has 6 heteroatoms. The fourth-order valence-electron chi connectivity index (χ4n) is 3.34. The molecule has 1 aliphatic rings. The number of carbonyl (C=O) groups is 1. The number of anilines is 1. The van der Waals surface area contributed by atoms with Gasteiger partial charge in [0, 0.05) is 49.6 Å². The van der Waals surface area contributed by atoms with Crippen LogP contribution in [0.25, 0.3) is 5.65 Å². The second-order valence-electron chi connectivity index (χ2n) is 6.94. The summed E-state index contributed by atoms with van der Waals surface area (Å²) in [7, 11) is 0. The van der Waals surface area contributed by atoms with Gasteiger partial charge < -0.3 is 9.80 Å². The van der Waals surface area contributed by atoms with Crippen LogP contribution in [0.2, 0.25) is 0 Å². The summed E-state index contributed by atoms with van der Waals surface area (Å²) in [4.78, 5) is 21.5. The van der Waals surface area contributed by atoms with Crippen LogP contribution < -0.4 is 4.90 Å². The number of hydrogen-bond donors (Lipinski definition) is 0. The second kappa shape index (κ2) is 6.78. The molecular weight excluding hydrogens is 326 g/mol. The van der Waals surface area contributed by atoms with E-state index in [0.717, 1.165) is 35.8 Å². The van der Waals surface area contributed by atoms with E-state index in [1.807, 2.05) is 45.8 Å². The molecular formula is C20H23N5O. The molecule has 1 aliphatic heterocycles. The van der Waals surface area contributed by atoms with Crippen LogP contribution >= 0.6 is 0 Å². The molecule has 1 saturated heterocycles. The van der Waals surface area contributed by atoms with Crippen molar-refractivity contribution >= 4 is 17.4 Å². The summed E-state index contributed by atoms with van der Waals surface area (Å²) in [6.07, 6.45) is 1.78. The van der Waals surface area contributed by atoms with Gasteiger partial charge in [0.2, 0.25) is 0 Å². The van der Waals surface area contributed by atoms with Gasteiger partial charge in [-0.3, -0.25) is 4.79 Å². The van der Waals surface area contributed by atoms with Crippen molar-refractivity contribution in [2.45, 2.75) is 19.8 Å². The third-order valence-electron chi connectivity index (χ3n) is 4.86. The Morgan fingerprint density at radius 2 is 1.77 bits per heavy atom. The zero-order valence-electron chi connectivity index (χ0n) is 15.2. The molecule has 0 saturated carbocycles. The molecule has 2 aromatic heterocycles. The molecule has 3 aromatic rings. The number of benzene rings is 1. The fourth-order valence-corrected chi connectivity index (χ4v) is 3.34. The molecule has 26 heavy (non-hydrogen) atoms. The highest BCUT2D eigenvalue weighted by atomic mass is 16.2. The fraction of sp³-hybridized carbons (Fsp3) is 0.350. The van der Waals surface area contributed by atoms with Gasteiger partial charge in [-0.1, -0.05) is 32.0 Å². The maximum Gasteiger partial charge on any atom is 0.253 e. The van der Waals surface area contributed by atoms with Crippen molar-refractivity contribution in [3.8, 4) is 0 Å². The predicted octanol–water partition coefficient (Wildman–Crippen LogP) is 2.82. The van der Waals surface area contributed by atoms with Gasteiger partial charge in [-0.2, -0.15) is 9.61 Å². The van der Waals surface area contributed by atoms with Gasteiger partial charge in [-0.25, -0.2) is 4.98 Å². The monoisotopic (exact) mass is 349 g/mol. The molecule has 1 aromatic carbocycles. The van der Waals surface area contributed by atoms with E-state index in [9.17, 15) is 4.79 Å². The third kappa shape index (κ3) is 3.03. The van der Waals surface area contributed by atoms with E-state index in [0.29, 0.717) is 19.0 Å².